The monoisotopic (exact) mass is 235 g/mol. The van der Waals surface area contributed by atoms with Gasteiger partial charge in [0.2, 0.25) is 0 Å². The minimum atomic E-state index is -0.691. The van der Waals surface area contributed by atoms with Crippen LogP contribution in [0.15, 0.2) is 18.6 Å². The molecular formula is C12H17N3O2. The van der Waals surface area contributed by atoms with Gasteiger partial charge in [-0.2, -0.15) is 0 Å². The predicted octanol–water partition coefficient (Wildman–Crippen LogP) is 1.56. The summed E-state index contributed by atoms with van der Waals surface area (Å²) in [6.07, 6.45) is 6.50. The first-order valence-corrected chi connectivity index (χ1v) is 5.98. The summed E-state index contributed by atoms with van der Waals surface area (Å²) in [5.41, 5.74) is 0. The Kier molecular flexibility index (Phi) is 3.90. The smallest absolute Gasteiger partial charge is 0.303 e. The van der Waals surface area contributed by atoms with Gasteiger partial charge in [-0.3, -0.25) is 4.79 Å². The predicted molar refractivity (Wildman–Crippen MR) is 63.8 cm³/mol. The molecule has 2 rings (SSSR count). The summed E-state index contributed by atoms with van der Waals surface area (Å²) in [5, 5.41) is 8.65. The molecule has 0 spiro atoms. The van der Waals surface area contributed by atoms with Gasteiger partial charge in [-0.25, -0.2) is 9.97 Å². The third-order valence-corrected chi connectivity index (χ3v) is 3.27. The molecule has 0 aliphatic carbocycles. The van der Waals surface area contributed by atoms with Crippen LogP contribution in [0, 0.1) is 5.92 Å². The number of piperidine rings is 1. The zero-order chi connectivity index (χ0) is 12.1. The maximum absolute atomic E-state index is 10.5. The Bertz CT molecular complexity index is 361. The van der Waals surface area contributed by atoms with Gasteiger partial charge < -0.3 is 10.0 Å². The number of carbonyl (C=O) groups is 1. The third kappa shape index (κ3) is 3.41. The number of aliphatic carboxylic acids is 1. The van der Waals surface area contributed by atoms with E-state index in [1.807, 2.05) is 6.07 Å². The first-order valence-electron chi connectivity index (χ1n) is 5.98. The largest absolute Gasteiger partial charge is 0.481 e. The van der Waals surface area contributed by atoms with Crippen LogP contribution in [-0.4, -0.2) is 34.1 Å². The lowest BCUT2D eigenvalue weighted by Gasteiger charge is -2.32. The Balaban J connectivity index is 1.80. The standard InChI is InChI=1S/C12H17N3O2/c16-12(17)2-1-10-4-7-15(8-5-10)11-3-6-13-9-14-11/h3,6,9-10H,1-2,4-5,7-8H2,(H,16,17). The maximum atomic E-state index is 10.5. The van der Waals surface area contributed by atoms with Gasteiger partial charge >= 0.3 is 5.97 Å². The summed E-state index contributed by atoms with van der Waals surface area (Å²) in [4.78, 5) is 20.9. The fourth-order valence-corrected chi connectivity index (χ4v) is 2.25. The summed E-state index contributed by atoms with van der Waals surface area (Å²) in [7, 11) is 0. The lowest BCUT2D eigenvalue weighted by molar-refractivity contribution is -0.137. The molecule has 0 aromatic carbocycles. The average molecular weight is 235 g/mol. The van der Waals surface area contributed by atoms with Crippen LogP contribution in [0.4, 0.5) is 5.82 Å². The first-order chi connectivity index (χ1) is 8.25. The van der Waals surface area contributed by atoms with Crippen LogP contribution in [0.25, 0.3) is 0 Å². The van der Waals surface area contributed by atoms with E-state index in [1.54, 1.807) is 12.5 Å². The van der Waals surface area contributed by atoms with E-state index in [9.17, 15) is 4.79 Å². The molecule has 0 atom stereocenters. The second-order valence-corrected chi connectivity index (χ2v) is 4.43. The molecule has 1 aromatic rings. The zero-order valence-electron chi connectivity index (χ0n) is 9.75. The minimum Gasteiger partial charge on any atom is -0.481 e. The van der Waals surface area contributed by atoms with Crippen LogP contribution in [0.1, 0.15) is 25.7 Å². The zero-order valence-corrected chi connectivity index (χ0v) is 9.75. The van der Waals surface area contributed by atoms with E-state index in [4.69, 9.17) is 5.11 Å². The number of anilines is 1. The van der Waals surface area contributed by atoms with Crippen molar-refractivity contribution in [3.8, 4) is 0 Å². The Morgan fingerprint density at radius 2 is 2.24 bits per heavy atom. The van der Waals surface area contributed by atoms with Crippen molar-refractivity contribution < 1.29 is 9.90 Å². The molecule has 1 N–H and O–H groups in total. The van der Waals surface area contributed by atoms with Crippen molar-refractivity contribution in [1.29, 1.82) is 0 Å². The normalized spacial score (nSPS) is 17.1. The molecular weight excluding hydrogens is 218 g/mol. The number of hydrogen-bond acceptors (Lipinski definition) is 4. The van der Waals surface area contributed by atoms with E-state index < -0.39 is 5.97 Å². The molecule has 17 heavy (non-hydrogen) atoms. The highest BCUT2D eigenvalue weighted by atomic mass is 16.4. The number of hydrogen-bond donors (Lipinski definition) is 1. The van der Waals surface area contributed by atoms with E-state index in [0.717, 1.165) is 38.2 Å². The van der Waals surface area contributed by atoms with Gasteiger partial charge in [0, 0.05) is 25.7 Å². The van der Waals surface area contributed by atoms with Gasteiger partial charge in [-0.05, 0) is 31.2 Å². The summed E-state index contributed by atoms with van der Waals surface area (Å²) in [5.74, 6) is 0.823. The molecule has 1 fully saturated rings. The molecule has 1 saturated heterocycles. The molecule has 1 aromatic heterocycles. The van der Waals surface area contributed by atoms with Crippen LogP contribution in [0.2, 0.25) is 0 Å². The molecule has 92 valence electrons. The highest BCUT2D eigenvalue weighted by molar-refractivity contribution is 5.66. The van der Waals surface area contributed by atoms with Crippen molar-refractivity contribution in [2.45, 2.75) is 25.7 Å². The molecule has 1 aliphatic rings. The summed E-state index contributed by atoms with van der Waals surface area (Å²) in [6.45, 7) is 1.92. The fraction of sp³-hybridized carbons (Fsp3) is 0.583. The van der Waals surface area contributed by atoms with Crippen molar-refractivity contribution in [2.24, 2.45) is 5.92 Å². The van der Waals surface area contributed by atoms with Gasteiger partial charge in [-0.15, -0.1) is 0 Å². The Morgan fingerprint density at radius 1 is 1.47 bits per heavy atom. The molecule has 5 nitrogen and oxygen atoms in total. The first kappa shape index (κ1) is 11.8. The van der Waals surface area contributed by atoms with Gasteiger partial charge in [-0.1, -0.05) is 0 Å². The lowest BCUT2D eigenvalue weighted by Crippen LogP contribution is -2.34. The van der Waals surface area contributed by atoms with E-state index in [1.165, 1.54) is 0 Å². The SMILES string of the molecule is O=C(O)CCC1CCN(c2ccncn2)CC1. The number of rotatable bonds is 4. The Hall–Kier alpha value is -1.65. The Labute approximate surface area is 100 Å². The highest BCUT2D eigenvalue weighted by Crippen LogP contribution is 2.24. The summed E-state index contributed by atoms with van der Waals surface area (Å²) in [6, 6.07) is 1.91. The molecule has 1 aliphatic heterocycles. The van der Waals surface area contributed by atoms with E-state index in [-0.39, 0.29) is 6.42 Å². The summed E-state index contributed by atoms with van der Waals surface area (Å²) < 4.78 is 0. The Morgan fingerprint density at radius 3 is 2.82 bits per heavy atom. The lowest BCUT2D eigenvalue weighted by atomic mass is 9.92. The molecule has 0 saturated carbocycles. The van der Waals surface area contributed by atoms with Crippen molar-refractivity contribution >= 4 is 11.8 Å². The van der Waals surface area contributed by atoms with Crippen LogP contribution in [-0.2, 0) is 4.79 Å². The number of aromatic nitrogens is 2. The van der Waals surface area contributed by atoms with Crippen LogP contribution in [0.5, 0.6) is 0 Å². The van der Waals surface area contributed by atoms with Gasteiger partial charge in [0.05, 0.1) is 0 Å². The van der Waals surface area contributed by atoms with Crippen LogP contribution >= 0.6 is 0 Å². The summed E-state index contributed by atoms with van der Waals surface area (Å²) >= 11 is 0. The fourth-order valence-electron chi connectivity index (χ4n) is 2.25. The number of carboxylic acid groups (broad SMARTS) is 1. The van der Waals surface area contributed by atoms with Crippen molar-refractivity contribution in [3.63, 3.8) is 0 Å². The molecule has 5 heteroatoms. The van der Waals surface area contributed by atoms with Gasteiger partial charge in [0.15, 0.2) is 0 Å². The topological polar surface area (TPSA) is 66.3 Å². The average Bonchev–Trinajstić information content (AvgIpc) is 2.38. The molecule has 0 amide bonds. The van der Waals surface area contributed by atoms with Crippen LogP contribution < -0.4 is 4.90 Å². The maximum Gasteiger partial charge on any atom is 0.303 e. The number of carboxylic acids is 1. The second-order valence-electron chi connectivity index (χ2n) is 4.43. The highest BCUT2D eigenvalue weighted by Gasteiger charge is 2.20. The quantitative estimate of drug-likeness (QED) is 0.857. The van der Waals surface area contributed by atoms with Crippen molar-refractivity contribution in [2.75, 3.05) is 18.0 Å². The third-order valence-electron chi connectivity index (χ3n) is 3.27. The van der Waals surface area contributed by atoms with E-state index in [0.29, 0.717) is 5.92 Å². The minimum absolute atomic E-state index is 0.290. The second kappa shape index (κ2) is 5.61. The van der Waals surface area contributed by atoms with Crippen LogP contribution in [0.3, 0.4) is 0 Å². The molecule has 0 unspecified atom stereocenters. The van der Waals surface area contributed by atoms with E-state index in [2.05, 4.69) is 14.9 Å². The molecule has 2 heterocycles. The van der Waals surface area contributed by atoms with E-state index >= 15 is 0 Å². The van der Waals surface area contributed by atoms with Gasteiger partial charge in [0.1, 0.15) is 12.1 Å². The van der Waals surface area contributed by atoms with Crippen molar-refractivity contribution in [3.05, 3.63) is 18.6 Å². The molecule has 0 bridgehead atoms. The van der Waals surface area contributed by atoms with Gasteiger partial charge in [0.25, 0.3) is 0 Å². The molecule has 0 radical (unpaired) electrons. The van der Waals surface area contributed by atoms with Crippen molar-refractivity contribution in [1.82, 2.24) is 9.97 Å². The number of nitrogens with zero attached hydrogens (tertiary/aromatic N) is 3.